The Bertz CT molecular complexity index is 626. The van der Waals surface area contributed by atoms with Gasteiger partial charge in [0.15, 0.2) is 0 Å². The molecule has 0 aromatic rings. The van der Waals surface area contributed by atoms with Gasteiger partial charge in [-0.15, -0.1) is 0 Å². The average molecular weight is 431 g/mol. The molecule has 4 fully saturated rings. The number of hydrogen-bond acceptors (Lipinski definition) is 1. The molecule has 0 radical (unpaired) electrons. The Morgan fingerprint density at radius 2 is 1.39 bits per heavy atom. The summed E-state index contributed by atoms with van der Waals surface area (Å²) in [6, 6.07) is 0. The third-order valence-electron chi connectivity index (χ3n) is 12.6. The zero-order chi connectivity index (χ0) is 22.7. The lowest BCUT2D eigenvalue weighted by atomic mass is 9.43. The van der Waals surface area contributed by atoms with Crippen LogP contribution in [0.2, 0.25) is 0 Å². The van der Waals surface area contributed by atoms with Crippen molar-refractivity contribution in [2.24, 2.45) is 70.0 Å². The third kappa shape index (κ3) is 3.85. The minimum Gasteiger partial charge on any atom is -0.393 e. The zero-order valence-electron chi connectivity index (χ0n) is 22.2. The fraction of sp³-hybridized carbons (Fsp3) is 1.00. The highest BCUT2D eigenvalue weighted by atomic mass is 16.3. The van der Waals surface area contributed by atoms with Gasteiger partial charge in [-0.25, -0.2) is 0 Å². The minimum atomic E-state index is -0.0459. The van der Waals surface area contributed by atoms with Crippen molar-refractivity contribution in [1.82, 2.24) is 0 Å². The van der Waals surface area contributed by atoms with E-state index in [9.17, 15) is 5.11 Å². The van der Waals surface area contributed by atoms with E-state index in [1.54, 1.807) is 0 Å². The molecule has 0 heterocycles. The molecule has 180 valence electrons. The van der Waals surface area contributed by atoms with Crippen LogP contribution in [0.25, 0.3) is 0 Å². The summed E-state index contributed by atoms with van der Waals surface area (Å²) >= 11 is 0. The van der Waals surface area contributed by atoms with Crippen molar-refractivity contribution >= 4 is 0 Å². The van der Waals surface area contributed by atoms with Gasteiger partial charge >= 0.3 is 0 Å². The summed E-state index contributed by atoms with van der Waals surface area (Å²) in [5, 5.41) is 10.6. The van der Waals surface area contributed by atoms with Gasteiger partial charge in [0.1, 0.15) is 0 Å². The van der Waals surface area contributed by atoms with E-state index in [1.165, 1.54) is 51.4 Å². The molecule has 31 heavy (non-hydrogen) atoms. The predicted molar refractivity (Wildman–Crippen MR) is 133 cm³/mol. The largest absolute Gasteiger partial charge is 0.393 e. The average Bonchev–Trinajstić information content (AvgIpc) is 3.07. The second-order valence-corrected chi connectivity index (χ2v) is 14.1. The first-order chi connectivity index (χ1) is 14.5. The Kier molecular flexibility index (Phi) is 6.71. The van der Waals surface area contributed by atoms with Crippen LogP contribution < -0.4 is 0 Å². The maximum absolute atomic E-state index is 10.6. The molecule has 1 N–H and O–H groups in total. The van der Waals surface area contributed by atoms with Gasteiger partial charge in [-0.2, -0.15) is 0 Å². The van der Waals surface area contributed by atoms with E-state index in [-0.39, 0.29) is 6.10 Å². The number of aliphatic hydroxyl groups is 1. The molecule has 4 rings (SSSR count). The van der Waals surface area contributed by atoms with E-state index in [1.807, 2.05) is 0 Å². The fourth-order valence-electron chi connectivity index (χ4n) is 10.3. The number of hydrogen-bond donors (Lipinski definition) is 1. The lowest BCUT2D eigenvalue weighted by Gasteiger charge is -2.62. The standard InChI is InChI=1S/C30H54O/c1-18(2)21(5)19(3)17-20(4)24-11-12-26-23-9-10-25-22(6)28(31)14-16-30(25,8)27(23)13-15-29(24,26)7/h18-28,31H,9-17H2,1-8H3/t19-,20+,21+,22-,23?,24?,25-,26?,27?,28-,29+,30-/m0/s1. The molecule has 4 unspecified atom stereocenters. The molecule has 0 bridgehead atoms. The van der Waals surface area contributed by atoms with Crippen molar-refractivity contribution < 1.29 is 5.11 Å². The molecule has 1 heteroatoms. The van der Waals surface area contributed by atoms with Gasteiger partial charge < -0.3 is 5.11 Å². The van der Waals surface area contributed by atoms with Crippen LogP contribution in [0.3, 0.4) is 0 Å². The van der Waals surface area contributed by atoms with Crippen LogP contribution in [0.15, 0.2) is 0 Å². The second-order valence-electron chi connectivity index (χ2n) is 14.1. The number of aliphatic hydroxyl groups excluding tert-OH is 1. The van der Waals surface area contributed by atoms with Gasteiger partial charge in [-0.1, -0.05) is 55.4 Å². The van der Waals surface area contributed by atoms with Crippen molar-refractivity contribution in [3.8, 4) is 0 Å². The first kappa shape index (κ1) is 24.1. The molecule has 12 atom stereocenters. The first-order valence-corrected chi connectivity index (χ1v) is 14.2. The van der Waals surface area contributed by atoms with Crippen molar-refractivity contribution in [3.63, 3.8) is 0 Å². The predicted octanol–water partition coefficient (Wildman–Crippen LogP) is 8.21. The van der Waals surface area contributed by atoms with Gasteiger partial charge in [-0.05, 0) is 128 Å². The molecule has 0 amide bonds. The van der Waals surface area contributed by atoms with Crippen LogP contribution in [-0.2, 0) is 0 Å². The lowest BCUT2D eigenvalue weighted by molar-refractivity contribution is -0.149. The third-order valence-corrected chi connectivity index (χ3v) is 12.6. The molecular weight excluding hydrogens is 376 g/mol. The minimum absolute atomic E-state index is 0.0459. The smallest absolute Gasteiger partial charge is 0.0568 e. The Morgan fingerprint density at radius 1 is 0.774 bits per heavy atom. The van der Waals surface area contributed by atoms with Crippen molar-refractivity contribution in [2.75, 3.05) is 0 Å². The van der Waals surface area contributed by atoms with Crippen LogP contribution >= 0.6 is 0 Å². The molecule has 0 spiro atoms. The quantitative estimate of drug-likeness (QED) is 0.466. The van der Waals surface area contributed by atoms with Gasteiger partial charge in [0.2, 0.25) is 0 Å². The number of fused-ring (bicyclic) bond motifs is 5. The van der Waals surface area contributed by atoms with E-state index < -0.39 is 0 Å². The molecule has 4 aliphatic rings. The highest BCUT2D eigenvalue weighted by Gasteiger charge is 2.61. The molecule has 1 nitrogen and oxygen atoms in total. The molecular formula is C30H54O. The second kappa shape index (κ2) is 8.63. The summed E-state index contributed by atoms with van der Waals surface area (Å²) < 4.78 is 0. The summed E-state index contributed by atoms with van der Waals surface area (Å²) in [6.45, 7) is 20.1. The van der Waals surface area contributed by atoms with Crippen LogP contribution in [0.1, 0.15) is 113 Å². The van der Waals surface area contributed by atoms with E-state index in [2.05, 4.69) is 55.4 Å². The highest BCUT2D eigenvalue weighted by molar-refractivity contribution is 5.10. The Labute approximate surface area is 194 Å². The maximum Gasteiger partial charge on any atom is 0.0568 e. The van der Waals surface area contributed by atoms with Crippen molar-refractivity contribution in [3.05, 3.63) is 0 Å². The van der Waals surface area contributed by atoms with Crippen LogP contribution in [-0.4, -0.2) is 11.2 Å². The van der Waals surface area contributed by atoms with Gasteiger partial charge in [0.05, 0.1) is 6.10 Å². The lowest BCUT2D eigenvalue weighted by Crippen LogP contribution is -2.56. The summed E-state index contributed by atoms with van der Waals surface area (Å²) in [7, 11) is 0. The van der Waals surface area contributed by atoms with Crippen LogP contribution in [0.5, 0.6) is 0 Å². The summed E-state index contributed by atoms with van der Waals surface area (Å²) in [6.07, 6.45) is 12.5. The van der Waals surface area contributed by atoms with Crippen LogP contribution in [0.4, 0.5) is 0 Å². The van der Waals surface area contributed by atoms with E-state index in [0.717, 1.165) is 59.7 Å². The fourth-order valence-corrected chi connectivity index (χ4v) is 10.3. The van der Waals surface area contributed by atoms with E-state index in [0.29, 0.717) is 16.7 Å². The van der Waals surface area contributed by atoms with Gasteiger partial charge in [0.25, 0.3) is 0 Å². The SMILES string of the molecule is CC(C)[C@@H](C)[C@@H](C)C[C@@H](C)C1CCC2C3CC[C@H]4[C@H](C)[C@@H](O)CC[C@]4(C)C3CC[C@@]21C. The van der Waals surface area contributed by atoms with E-state index >= 15 is 0 Å². The van der Waals surface area contributed by atoms with Crippen LogP contribution in [0, 0.1) is 70.0 Å². The summed E-state index contributed by atoms with van der Waals surface area (Å²) in [4.78, 5) is 0. The molecule has 0 aromatic heterocycles. The molecule has 4 saturated carbocycles. The molecule has 4 aliphatic carbocycles. The summed E-state index contributed by atoms with van der Waals surface area (Å²) in [5.74, 6) is 8.43. The number of rotatable bonds is 5. The molecule has 0 aromatic carbocycles. The monoisotopic (exact) mass is 430 g/mol. The molecule has 0 saturated heterocycles. The Balaban J connectivity index is 1.49. The van der Waals surface area contributed by atoms with Gasteiger partial charge in [0, 0.05) is 0 Å². The first-order valence-electron chi connectivity index (χ1n) is 14.2. The Hall–Kier alpha value is -0.0400. The van der Waals surface area contributed by atoms with Crippen molar-refractivity contribution in [2.45, 2.75) is 119 Å². The maximum atomic E-state index is 10.6. The summed E-state index contributed by atoms with van der Waals surface area (Å²) in [5.41, 5.74) is 1.08. The van der Waals surface area contributed by atoms with Gasteiger partial charge in [-0.3, -0.25) is 0 Å². The topological polar surface area (TPSA) is 20.2 Å². The zero-order valence-corrected chi connectivity index (χ0v) is 22.2. The molecule has 0 aliphatic heterocycles. The Morgan fingerprint density at radius 3 is 2.06 bits per heavy atom. The highest BCUT2D eigenvalue weighted by Crippen LogP contribution is 2.69. The van der Waals surface area contributed by atoms with Crippen molar-refractivity contribution in [1.29, 1.82) is 0 Å². The normalized spacial score (nSPS) is 50.3. The van der Waals surface area contributed by atoms with E-state index in [4.69, 9.17) is 0 Å².